The van der Waals surface area contributed by atoms with E-state index in [1.165, 1.54) is 21.1 Å². The van der Waals surface area contributed by atoms with Crippen molar-refractivity contribution in [3.8, 4) is 11.5 Å². The third-order valence-corrected chi connectivity index (χ3v) is 2.65. The molecular formula is C13H17NO5. The molecule has 0 aliphatic rings. The Hall–Kier alpha value is -2.24. The SMILES string of the molecule is COc1cccc(OC)c1C(=O)NCC(C)C(=O)O. The highest BCUT2D eigenvalue weighted by Crippen LogP contribution is 2.27. The molecule has 0 aliphatic carbocycles. The van der Waals surface area contributed by atoms with Crippen LogP contribution >= 0.6 is 0 Å². The van der Waals surface area contributed by atoms with Gasteiger partial charge in [-0.2, -0.15) is 0 Å². The Morgan fingerprint density at radius 2 is 1.79 bits per heavy atom. The first-order chi connectivity index (χ1) is 9.01. The van der Waals surface area contributed by atoms with Gasteiger partial charge in [0.2, 0.25) is 0 Å². The van der Waals surface area contributed by atoms with E-state index >= 15 is 0 Å². The third kappa shape index (κ3) is 3.61. The lowest BCUT2D eigenvalue weighted by Gasteiger charge is -2.14. The number of rotatable bonds is 6. The fraction of sp³-hybridized carbons (Fsp3) is 0.385. The smallest absolute Gasteiger partial charge is 0.308 e. The van der Waals surface area contributed by atoms with Gasteiger partial charge in [-0.25, -0.2) is 0 Å². The average molecular weight is 267 g/mol. The number of carboxylic acids is 1. The number of nitrogens with one attached hydrogen (secondary N) is 1. The van der Waals surface area contributed by atoms with Crippen LogP contribution in [0.3, 0.4) is 0 Å². The fourth-order valence-electron chi connectivity index (χ4n) is 1.50. The van der Waals surface area contributed by atoms with Gasteiger partial charge in [0.25, 0.3) is 5.91 Å². The lowest BCUT2D eigenvalue weighted by atomic mass is 10.1. The second kappa shape index (κ2) is 6.63. The molecule has 0 aliphatic heterocycles. The highest BCUT2D eigenvalue weighted by Gasteiger charge is 2.19. The molecule has 1 aromatic carbocycles. The van der Waals surface area contributed by atoms with Crippen LogP contribution in [0.4, 0.5) is 0 Å². The number of ether oxygens (including phenoxy) is 2. The summed E-state index contributed by atoms with van der Waals surface area (Å²) in [5.41, 5.74) is 0.255. The summed E-state index contributed by atoms with van der Waals surface area (Å²) in [6, 6.07) is 4.98. The highest BCUT2D eigenvalue weighted by molar-refractivity contribution is 5.99. The first kappa shape index (κ1) is 14.8. The summed E-state index contributed by atoms with van der Waals surface area (Å²) in [5, 5.41) is 11.3. The molecule has 0 heterocycles. The summed E-state index contributed by atoms with van der Waals surface area (Å²) in [5.74, 6) is -1.31. The quantitative estimate of drug-likeness (QED) is 0.807. The van der Waals surface area contributed by atoms with E-state index in [0.29, 0.717) is 11.5 Å². The second-order valence-corrected chi connectivity index (χ2v) is 3.99. The number of carbonyl (C=O) groups excluding carboxylic acids is 1. The summed E-state index contributed by atoms with van der Waals surface area (Å²) in [6.07, 6.45) is 0. The van der Waals surface area contributed by atoms with Crippen LogP contribution in [0.15, 0.2) is 18.2 Å². The van der Waals surface area contributed by atoms with E-state index in [1.54, 1.807) is 18.2 Å². The summed E-state index contributed by atoms with van der Waals surface area (Å²) < 4.78 is 10.2. The van der Waals surface area contributed by atoms with E-state index in [9.17, 15) is 9.59 Å². The first-order valence-corrected chi connectivity index (χ1v) is 5.73. The minimum Gasteiger partial charge on any atom is -0.496 e. The van der Waals surface area contributed by atoms with E-state index in [-0.39, 0.29) is 12.1 Å². The standard InChI is InChI=1S/C13H17NO5/c1-8(13(16)17)7-14-12(15)11-9(18-2)5-4-6-10(11)19-3/h4-6,8H,7H2,1-3H3,(H,14,15)(H,16,17). The van der Waals surface area contributed by atoms with Crippen molar-refractivity contribution in [1.82, 2.24) is 5.32 Å². The highest BCUT2D eigenvalue weighted by atomic mass is 16.5. The normalized spacial score (nSPS) is 11.5. The van der Waals surface area contributed by atoms with Crippen LogP contribution in [0.1, 0.15) is 17.3 Å². The molecule has 19 heavy (non-hydrogen) atoms. The maximum Gasteiger partial charge on any atom is 0.308 e. The molecule has 0 radical (unpaired) electrons. The molecule has 1 aromatic rings. The summed E-state index contributed by atoms with van der Waals surface area (Å²) in [4.78, 5) is 22.8. The zero-order valence-electron chi connectivity index (χ0n) is 11.1. The number of hydrogen-bond donors (Lipinski definition) is 2. The summed E-state index contributed by atoms with van der Waals surface area (Å²) in [6.45, 7) is 1.55. The maximum atomic E-state index is 12.1. The second-order valence-electron chi connectivity index (χ2n) is 3.99. The molecular weight excluding hydrogens is 250 g/mol. The van der Waals surface area contributed by atoms with Gasteiger partial charge in [-0.1, -0.05) is 13.0 Å². The van der Waals surface area contributed by atoms with Gasteiger partial charge in [-0.05, 0) is 12.1 Å². The maximum absolute atomic E-state index is 12.1. The van der Waals surface area contributed by atoms with E-state index in [1.807, 2.05) is 0 Å². The van der Waals surface area contributed by atoms with Gasteiger partial charge in [0, 0.05) is 6.54 Å². The van der Waals surface area contributed by atoms with Crippen LogP contribution in [-0.2, 0) is 4.79 Å². The van der Waals surface area contributed by atoms with Crippen molar-refractivity contribution in [2.24, 2.45) is 5.92 Å². The molecule has 0 aromatic heterocycles. The van der Waals surface area contributed by atoms with Crippen molar-refractivity contribution in [1.29, 1.82) is 0 Å². The Morgan fingerprint density at radius 1 is 1.26 bits per heavy atom. The molecule has 0 fully saturated rings. The van der Waals surface area contributed by atoms with Crippen molar-refractivity contribution in [3.63, 3.8) is 0 Å². The predicted octanol–water partition coefficient (Wildman–Crippen LogP) is 1.15. The number of benzene rings is 1. The van der Waals surface area contributed by atoms with Gasteiger partial charge in [0.1, 0.15) is 17.1 Å². The molecule has 0 saturated carbocycles. The summed E-state index contributed by atoms with van der Waals surface area (Å²) in [7, 11) is 2.90. The molecule has 1 unspecified atom stereocenters. The van der Waals surface area contributed by atoms with Gasteiger partial charge >= 0.3 is 5.97 Å². The largest absolute Gasteiger partial charge is 0.496 e. The molecule has 0 bridgehead atoms. The molecule has 6 nitrogen and oxygen atoms in total. The predicted molar refractivity (Wildman–Crippen MR) is 68.7 cm³/mol. The fourth-order valence-corrected chi connectivity index (χ4v) is 1.50. The van der Waals surface area contributed by atoms with Gasteiger partial charge in [-0.15, -0.1) is 0 Å². The molecule has 104 valence electrons. The van der Waals surface area contributed by atoms with E-state index in [0.717, 1.165) is 0 Å². The zero-order valence-corrected chi connectivity index (χ0v) is 11.1. The Balaban J connectivity index is 2.89. The molecule has 1 atom stereocenters. The Bertz CT molecular complexity index is 450. The Kier molecular flexibility index (Phi) is 5.17. The lowest BCUT2D eigenvalue weighted by molar-refractivity contribution is -0.140. The molecule has 0 saturated heterocycles. The van der Waals surface area contributed by atoms with Crippen LogP contribution in [0.2, 0.25) is 0 Å². The molecule has 1 rings (SSSR count). The van der Waals surface area contributed by atoms with Crippen molar-refractivity contribution in [2.45, 2.75) is 6.92 Å². The van der Waals surface area contributed by atoms with Gasteiger partial charge in [0.15, 0.2) is 0 Å². The lowest BCUT2D eigenvalue weighted by Crippen LogP contribution is -2.31. The number of hydrogen-bond acceptors (Lipinski definition) is 4. The van der Waals surface area contributed by atoms with Crippen LogP contribution in [0.5, 0.6) is 11.5 Å². The Labute approximate surface area is 111 Å². The number of carboxylic acid groups (broad SMARTS) is 1. The number of amides is 1. The molecule has 6 heteroatoms. The van der Waals surface area contributed by atoms with Crippen molar-refractivity contribution in [3.05, 3.63) is 23.8 Å². The van der Waals surface area contributed by atoms with E-state index in [4.69, 9.17) is 14.6 Å². The van der Waals surface area contributed by atoms with Gasteiger partial charge in [-0.3, -0.25) is 9.59 Å². The van der Waals surface area contributed by atoms with Crippen LogP contribution in [-0.4, -0.2) is 37.7 Å². The topological polar surface area (TPSA) is 84.9 Å². The monoisotopic (exact) mass is 267 g/mol. The van der Waals surface area contributed by atoms with Crippen LogP contribution in [0, 0.1) is 5.92 Å². The average Bonchev–Trinajstić information content (AvgIpc) is 2.42. The zero-order chi connectivity index (χ0) is 14.4. The minimum absolute atomic E-state index is 0.0371. The van der Waals surface area contributed by atoms with Crippen molar-refractivity contribution >= 4 is 11.9 Å². The van der Waals surface area contributed by atoms with Gasteiger partial charge in [0.05, 0.1) is 20.1 Å². The molecule has 2 N–H and O–H groups in total. The number of aliphatic carboxylic acids is 1. The number of carbonyl (C=O) groups is 2. The summed E-state index contributed by atoms with van der Waals surface area (Å²) >= 11 is 0. The number of methoxy groups -OCH3 is 2. The first-order valence-electron chi connectivity index (χ1n) is 5.73. The molecule has 0 spiro atoms. The van der Waals surface area contributed by atoms with E-state index < -0.39 is 17.8 Å². The molecule has 1 amide bonds. The van der Waals surface area contributed by atoms with Crippen molar-refractivity contribution < 1.29 is 24.2 Å². The van der Waals surface area contributed by atoms with Gasteiger partial charge < -0.3 is 19.9 Å². The van der Waals surface area contributed by atoms with Crippen LogP contribution < -0.4 is 14.8 Å². The minimum atomic E-state index is -0.965. The van der Waals surface area contributed by atoms with E-state index in [2.05, 4.69) is 5.32 Å². The Morgan fingerprint density at radius 3 is 2.21 bits per heavy atom. The third-order valence-electron chi connectivity index (χ3n) is 2.65. The van der Waals surface area contributed by atoms with Crippen LogP contribution in [0.25, 0.3) is 0 Å². The van der Waals surface area contributed by atoms with Crippen molar-refractivity contribution in [2.75, 3.05) is 20.8 Å².